The van der Waals surface area contributed by atoms with Gasteiger partial charge >= 0.3 is 0 Å². The number of benzene rings is 1. The van der Waals surface area contributed by atoms with E-state index in [1.807, 2.05) is 23.0 Å². The number of amides is 1. The number of carbonyl (C=O) groups is 1. The first-order chi connectivity index (χ1) is 12.7. The molecule has 5 heteroatoms. The van der Waals surface area contributed by atoms with E-state index in [9.17, 15) is 4.79 Å². The molecule has 1 heterocycles. The first-order valence-corrected chi connectivity index (χ1v) is 9.90. The molecule has 0 bridgehead atoms. The number of nitrogens with one attached hydrogen (secondary N) is 2. The van der Waals surface area contributed by atoms with Crippen LogP contribution in [0.2, 0.25) is 0 Å². The zero-order valence-corrected chi connectivity index (χ0v) is 15.4. The molecule has 2 atom stereocenters. The molecule has 0 spiro atoms. The fourth-order valence-electron chi connectivity index (χ4n) is 3.37. The Hall–Kier alpha value is -2.14. The molecule has 138 valence electrons. The first-order valence-electron chi connectivity index (χ1n) is 9.90. The predicted molar refractivity (Wildman–Crippen MR) is 103 cm³/mol. The summed E-state index contributed by atoms with van der Waals surface area (Å²) in [6, 6.07) is 8.94. The summed E-state index contributed by atoms with van der Waals surface area (Å²) >= 11 is 0. The van der Waals surface area contributed by atoms with Crippen LogP contribution in [0.4, 0.5) is 5.69 Å². The van der Waals surface area contributed by atoms with Gasteiger partial charge < -0.3 is 10.6 Å². The van der Waals surface area contributed by atoms with Gasteiger partial charge in [0.1, 0.15) is 0 Å². The number of rotatable bonds is 9. The zero-order chi connectivity index (χ0) is 17.9. The summed E-state index contributed by atoms with van der Waals surface area (Å²) < 4.78 is 1.84. The minimum Gasteiger partial charge on any atom is -0.322 e. The molecule has 0 aliphatic heterocycles. The topological polar surface area (TPSA) is 59.0 Å². The molecule has 2 fully saturated rings. The molecule has 4 rings (SSSR count). The van der Waals surface area contributed by atoms with E-state index in [0.29, 0.717) is 17.5 Å². The molecule has 0 radical (unpaired) electrons. The summed E-state index contributed by atoms with van der Waals surface area (Å²) in [6.45, 7) is 4.19. The summed E-state index contributed by atoms with van der Waals surface area (Å²) in [5.41, 5.74) is 2.81. The van der Waals surface area contributed by atoms with Gasteiger partial charge in [-0.15, -0.1) is 0 Å². The van der Waals surface area contributed by atoms with Crippen molar-refractivity contribution in [3.05, 3.63) is 47.8 Å². The van der Waals surface area contributed by atoms with Crippen LogP contribution in [0.1, 0.15) is 60.9 Å². The molecular formula is C21H28N4O. The largest absolute Gasteiger partial charge is 0.322 e. The highest BCUT2D eigenvalue weighted by atomic mass is 16.1. The van der Waals surface area contributed by atoms with Gasteiger partial charge in [-0.2, -0.15) is 5.10 Å². The highest BCUT2D eigenvalue weighted by Crippen LogP contribution is 2.41. The van der Waals surface area contributed by atoms with Gasteiger partial charge in [0, 0.05) is 30.4 Å². The lowest BCUT2D eigenvalue weighted by Crippen LogP contribution is -2.20. The van der Waals surface area contributed by atoms with Crippen LogP contribution in [-0.4, -0.2) is 28.3 Å². The van der Waals surface area contributed by atoms with Gasteiger partial charge in [0.15, 0.2) is 0 Å². The first kappa shape index (κ1) is 17.3. The van der Waals surface area contributed by atoms with Crippen LogP contribution >= 0.6 is 0 Å². The second-order valence-corrected chi connectivity index (χ2v) is 7.72. The third kappa shape index (κ3) is 4.33. The summed E-state index contributed by atoms with van der Waals surface area (Å²) in [6.07, 6.45) is 9.68. The monoisotopic (exact) mass is 352 g/mol. The Morgan fingerprint density at radius 3 is 2.81 bits per heavy atom. The molecule has 1 aromatic heterocycles. The zero-order valence-electron chi connectivity index (χ0n) is 15.4. The maximum absolute atomic E-state index is 12.4. The van der Waals surface area contributed by atoms with Gasteiger partial charge in [-0.05, 0) is 55.8 Å². The smallest absolute Gasteiger partial charge is 0.258 e. The summed E-state index contributed by atoms with van der Waals surface area (Å²) in [5.74, 6) is 1.46. The van der Waals surface area contributed by atoms with Crippen LogP contribution in [0.25, 0.3) is 0 Å². The summed E-state index contributed by atoms with van der Waals surface area (Å²) in [4.78, 5) is 12.4. The third-order valence-electron chi connectivity index (χ3n) is 5.39. The standard InChI is InChI=1S/C21H28N4O/c1-2-3-10-25-14-17(13-23-25)21(26)24-18-8-6-16(7-9-18)19-11-20(19)22-12-15-4-5-15/h6-9,13-15,19-20,22H,2-5,10-12H2,1H3,(H,24,26)/t19-,20+/m0/s1. The van der Waals surface area contributed by atoms with Gasteiger partial charge in [-0.25, -0.2) is 0 Å². The van der Waals surface area contributed by atoms with Crippen LogP contribution in [0, 0.1) is 5.92 Å². The Kier molecular flexibility index (Phi) is 5.07. The fraction of sp³-hybridized carbons (Fsp3) is 0.524. The van der Waals surface area contributed by atoms with Gasteiger partial charge in [0.2, 0.25) is 0 Å². The Morgan fingerprint density at radius 2 is 2.08 bits per heavy atom. The molecule has 5 nitrogen and oxygen atoms in total. The molecule has 2 aromatic rings. The molecule has 2 N–H and O–H groups in total. The van der Waals surface area contributed by atoms with E-state index < -0.39 is 0 Å². The molecule has 2 aliphatic carbocycles. The Morgan fingerprint density at radius 1 is 1.27 bits per heavy atom. The van der Waals surface area contributed by atoms with Crippen LogP contribution in [0.3, 0.4) is 0 Å². The average molecular weight is 352 g/mol. The van der Waals surface area contributed by atoms with Crippen molar-refractivity contribution in [1.29, 1.82) is 0 Å². The molecule has 1 aromatic carbocycles. The number of nitrogens with zero attached hydrogens (tertiary/aromatic N) is 2. The van der Waals surface area contributed by atoms with E-state index >= 15 is 0 Å². The molecule has 2 aliphatic rings. The van der Waals surface area contributed by atoms with Crippen molar-refractivity contribution < 1.29 is 4.79 Å². The highest BCUT2D eigenvalue weighted by Gasteiger charge is 2.38. The lowest BCUT2D eigenvalue weighted by Gasteiger charge is -2.06. The van der Waals surface area contributed by atoms with E-state index in [4.69, 9.17) is 0 Å². The lowest BCUT2D eigenvalue weighted by atomic mass is 10.1. The van der Waals surface area contributed by atoms with Gasteiger partial charge in [-0.3, -0.25) is 9.48 Å². The number of unbranched alkanes of at least 4 members (excludes halogenated alkanes) is 1. The minimum atomic E-state index is -0.101. The van der Waals surface area contributed by atoms with Gasteiger partial charge in [0.25, 0.3) is 5.91 Å². The molecule has 1 amide bonds. The van der Waals surface area contributed by atoms with Crippen molar-refractivity contribution in [3.8, 4) is 0 Å². The SMILES string of the molecule is CCCCn1cc(C(=O)Nc2ccc([C@@H]3C[C@H]3NCC3CC3)cc2)cn1. The number of carbonyl (C=O) groups excluding carboxylic acids is 1. The number of aryl methyl sites for hydroxylation is 1. The maximum Gasteiger partial charge on any atom is 0.258 e. The Bertz CT molecular complexity index is 748. The van der Waals surface area contributed by atoms with Crippen LogP contribution in [-0.2, 0) is 6.54 Å². The molecular weight excluding hydrogens is 324 g/mol. The normalized spacial score (nSPS) is 21.6. The Balaban J connectivity index is 1.28. The van der Waals surface area contributed by atoms with Crippen molar-refractivity contribution in [2.45, 2.75) is 57.5 Å². The number of aromatic nitrogens is 2. The Labute approximate surface area is 155 Å². The third-order valence-corrected chi connectivity index (χ3v) is 5.39. The second kappa shape index (κ2) is 7.62. The second-order valence-electron chi connectivity index (χ2n) is 7.72. The highest BCUT2D eigenvalue weighted by molar-refractivity contribution is 6.03. The van der Waals surface area contributed by atoms with E-state index in [-0.39, 0.29) is 5.91 Å². The molecule has 0 unspecified atom stereocenters. The van der Waals surface area contributed by atoms with E-state index in [1.54, 1.807) is 6.20 Å². The molecule has 26 heavy (non-hydrogen) atoms. The van der Waals surface area contributed by atoms with Crippen LogP contribution in [0.5, 0.6) is 0 Å². The van der Waals surface area contributed by atoms with Gasteiger partial charge in [0.05, 0.1) is 11.8 Å². The van der Waals surface area contributed by atoms with Crippen LogP contribution < -0.4 is 10.6 Å². The van der Waals surface area contributed by atoms with E-state index in [2.05, 4.69) is 34.8 Å². The summed E-state index contributed by atoms with van der Waals surface area (Å²) in [5, 5.41) is 10.9. The predicted octanol–water partition coefficient (Wildman–Crippen LogP) is 3.79. The minimum absolute atomic E-state index is 0.101. The fourth-order valence-corrected chi connectivity index (χ4v) is 3.37. The molecule has 0 saturated heterocycles. The van der Waals surface area contributed by atoms with E-state index in [0.717, 1.165) is 31.0 Å². The molecule has 2 saturated carbocycles. The van der Waals surface area contributed by atoms with Crippen molar-refractivity contribution in [2.24, 2.45) is 5.92 Å². The quantitative estimate of drug-likeness (QED) is 0.722. The maximum atomic E-state index is 12.4. The van der Waals surface area contributed by atoms with E-state index in [1.165, 1.54) is 31.4 Å². The number of anilines is 1. The van der Waals surface area contributed by atoms with Crippen molar-refractivity contribution in [2.75, 3.05) is 11.9 Å². The average Bonchev–Trinajstić information content (AvgIpc) is 3.57. The van der Waals surface area contributed by atoms with Crippen molar-refractivity contribution in [1.82, 2.24) is 15.1 Å². The number of hydrogen-bond donors (Lipinski definition) is 2. The lowest BCUT2D eigenvalue weighted by molar-refractivity contribution is 0.102. The summed E-state index contributed by atoms with van der Waals surface area (Å²) in [7, 11) is 0. The van der Waals surface area contributed by atoms with Gasteiger partial charge in [-0.1, -0.05) is 25.5 Å². The van der Waals surface area contributed by atoms with Crippen molar-refractivity contribution in [3.63, 3.8) is 0 Å². The van der Waals surface area contributed by atoms with Crippen molar-refractivity contribution >= 4 is 11.6 Å². The number of hydrogen-bond acceptors (Lipinski definition) is 3. The van der Waals surface area contributed by atoms with Crippen LogP contribution in [0.15, 0.2) is 36.7 Å².